The zero-order valence-corrected chi connectivity index (χ0v) is 8.37. The van der Waals surface area contributed by atoms with Crippen molar-refractivity contribution in [2.75, 3.05) is 13.6 Å². The van der Waals surface area contributed by atoms with Crippen LogP contribution >= 0.6 is 0 Å². The number of unbranched alkanes of at least 4 members (excludes halogenated alkanes) is 3. The molecule has 1 N–H and O–H groups in total. The second-order valence-corrected chi connectivity index (χ2v) is 3.32. The van der Waals surface area contributed by atoms with Gasteiger partial charge in [0.15, 0.2) is 0 Å². The van der Waals surface area contributed by atoms with E-state index in [2.05, 4.69) is 14.9 Å². The Labute approximate surface area is 80.2 Å². The van der Waals surface area contributed by atoms with Crippen LogP contribution in [0, 0.1) is 0 Å². The summed E-state index contributed by atoms with van der Waals surface area (Å²) >= 11 is 0. The Morgan fingerprint density at radius 1 is 1.23 bits per heavy atom. The molecule has 0 spiro atoms. The topological polar surface area (TPSA) is 29.9 Å². The molecule has 0 aliphatic rings. The molecule has 0 radical (unpaired) electrons. The summed E-state index contributed by atoms with van der Waals surface area (Å²) in [6.07, 6.45) is 10.9. The molecule has 0 aromatic carbocycles. The van der Waals surface area contributed by atoms with Crippen LogP contribution in [0.2, 0.25) is 0 Å². The van der Waals surface area contributed by atoms with E-state index < -0.39 is 0 Å². The highest BCUT2D eigenvalue weighted by molar-refractivity contribution is 4.73. The molecule has 1 heterocycles. The van der Waals surface area contributed by atoms with E-state index in [0.717, 1.165) is 13.1 Å². The van der Waals surface area contributed by atoms with E-state index in [1.165, 1.54) is 25.7 Å². The summed E-state index contributed by atoms with van der Waals surface area (Å²) in [5, 5.41) is 3.16. The van der Waals surface area contributed by atoms with E-state index in [1.807, 2.05) is 25.8 Å². The predicted octanol–water partition coefficient (Wildman–Crippen LogP) is 1.66. The first-order valence-corrected chi connectivity index (χ1v) is 5.04. The Hall–Kier alpha value is -0.830. The maximum atomic E-state index is 4.00. The Bertz CT molecular complexity index is 194. The van der Waals surface area contributed by atoms with Gasteiger partial charge in [-0.3, -0.25) is 0 Å². The molecule has 0 amide bonds. The maximum absolute atomic E-state index is 4.00. The van der Waals surface area contributed by atoms with E-state index in [9.17, 15) is 0 Å². The first-order chi connectivity index (χ1) is 6.43. The number of hydrogen-bond donors (Lipinski definition) is 1. The summed E-state index contributed by atoms with van der Waals surface area (Å²) in [6.45, 7) is 2.25. The van der Waals surface area contributed by atoms with Crippen molar-refractivity contribution >= 4 is 0 Å². The number of rotatable bonds is 7. The minimum Gasteiger partial charge on any atom is -0.337 e. The molecular weight excluding hydrogens is 162 g/mol. The minimum atomic E-state index is 1.11. The van der Waals surface area contributed by atoms with E-state index in [0.29, 0.717) is 0 Å². The normalized spacial score (nSPS) is 10.5. The van der Waals surface area contributed by atoms with Gasteiger partial charge in [0.1, 0.15) is 0 Å². The minimum absolute atomic E-state index is 1.11. The Balaban J connectivity index is 1.90. The lowest BCUT2D eigenvalue weighted by Gasteiger charge is -2.02. The lowest BCUT2D eigenvalue weighted by atomic mass is 10.2. The molecular formula is C10H19N3. The molecule has 0 aliphatic heterocycles. The quantitative estimate of drug-likeness (QED) is 0.648. The highest BCUT2D eigenvalue weighted by Gasteiger charge is 1.91. The molecule has 0 aliphatic carbocycles. The Kier molecular flexibility index (Phi) is 5.25. The van der Waals surface area contributed by atoms with E-state index in [-0.39, 0.29) is 0 Å². The van der Waals surface area contributed by atoms with Crippen molar-refractivity contribution in [3.05, 3.63) is 18.7 Å². The SMILES string of the molecule is CNCCCCCCn1ccnc1. The summed E-state index contributed by atoms with van der Waals surface area (Å²) in [4.78, 5) is 4.00. The monoisotopic (exact) mass is 181 g/mol. The smallest absolute Gasteiger partial charge is 0.0945 e. The molecule has 0 fully saturated rings. The van der Waals surface area contributed by atoms with Crippen molar-refractivity contribution < 1.29 is 0 Å². The Morgan fingerprint density at radius 3 is 2.77 bits per heavy atom. The van der Waals surface area contributed by atoms with Gasteiger partial charge < -0.3 is 9.88 Å². The molecule has 74 valence electrons. The third-order valence-electron chi connectivity index (χ3n) is 2.15. The predicted molar refractivity (Wildman–Crippen MR) is 54.6 cm³/mol. The van der Waals surface area contributed by atoms with Gasteiger partial charge in [0, 0.05) is 18.9 Å². The van der Waals surface area contributed by atoms with Crippen LogP contribution in [0.15, 0.2) is 18.7 Å². The van der Waals surface area contributed by atoms with Crippen molar-refractivity contribution in [2.45, 2.75) is 32.2 Å². The molecule has 0 saturated heterocycles. The second kappa shape index (κ2) is 6.66. The molecule has 1 aromatic rings. The van der Waals surface area contributed by atoms with Crippen molar-refractivity contribution in [3.8, 4) is 0 Å². The third kappa shape index (κ3) is 4.68. The average molecular weight is 181 g/mol. The van der Waals surface area contributed by atoms with E-state index in [1.54, 1.807) is 0 Å². The van der Waals surface area contributed by atoms with Crippen LogP contribution < -0.4 is 5.32 Å². The molecule has 0 bridgehead atoms. The molecule has 0 unspecified atom stereocenters. The number of aryl methyl sites for hydroxylation is 1. The number of hydrogen-bond acceptors (Lipinski definition) is 2. The van der Waals surface area contributed by atoms with Gasteiger partial charge in [-0.2, -0.15) is 0 Å². The summed E-state index contributed by atoms with van der Waals surface area (Å²) in [5.41, 5.74) is 0. The van der Waals surface area contributed by atoms with Crippen LogP contribution in [0.5, 0.6) is 0 Å². The third-order valence-corrected chi connectivity index (χ3v) is 2.15. The van der Waals surface area contributed by atoms with Gasteiger partial charge in [0.05, 0.1) is 6.33 Å². The van der Waals surface area contributed by atoms with Gasteiger partial charge in [0.25, 0.3) is 0 Å². The van der Waals surface area contributed by atoms with Crippen LogP contribution in [0.3, 0.4) is 0 Å². The Morgan fingerprint density at radius 2 is 2.08 bits per heavy atom. The summed E-state index contributed by atoms with van der Waals surface area (Å²) in [7, 11) is 2.01. The molecule has 1 rings (SSSR count). The molecule has 13 heavy (non-hydrogen) atoms. The van der Waals surface area contributed by atoms with Crippen molar-refractivity contribution in [2.24, 2.45) is 0 Å². The van der Waals surface area contributed by atoms with Gasteiger partial charge >= 0.3 is 0 Å². The van der Waals surface area contributed by atoms with Gasteiger partial charge in [0.2, 0.25) is 0 Å². The fourth-order valence-electron chi connectivity index (χ4n) is 1.37. The highest BCUT2D eigenvalue weighted by atomic mass is 15.0. The zero-order chi connectivity index (χ0) is 9.36. The van der Waals surface area contributed by atoms with Gasteiger partial charge in [-0.1, -0.05) is 12.8 Å². The lowest BCUT2D eigenvalue weighted by molar-refractivity contribution is 0.563. The van der Waals surface area contributed by atoms with Crippen molar-refractivity contribution in [1.29, 1.82) is 0 Å². The fourth-order valence-corrected chi connectivity index (χ4v) is 1.37. The summed E-state index contributed by atoms with van der Waals surface area (Å²) in [5.74, 6) is 0. The lowest BCUT2D eigenvalue weighted by Crippen LogP contribution is -2.07. The van der Waals surface area contributed by atoms with E-state index >= 15 is 0 Å². The number of nitrogens with one attached hydrogen (secondary N) is 1. The summed E-state index contributed by atoms with van der Waals surface area (Å²) in [6, 6.07) is 0. The first kappa shape index (κ1) is 10.3. The summed E-state index contributed by atoms with van der Waals surface area (Å²) < 4.78 is 2.14. The maximum Gasteiger partial charge on any atom is 0.0945 e. The molecule has 3 nitrogen and oxygen atoms in total. The molecule has 3 heteroatoms. The van der Waals surface area contributed by atoms with Crippen molar-refractivity contribution in [3.63, 3.8) is 0 Å². The fraction of sp³-hybridized carbons (Fsp3) is 0.700. The van der Waals surface area contributed by atoms with Gasteiger partial charge in [-0.25, -0.2) is 4.98 Å². The van der Waals surface area contributed by atoms with Crippen LogP contribution in [0.1, 0.15) is 25.7 Å². The molecule has 1 aromatic heterocycles. The average Bonchev–Trinajstić information content (AvgIpc) is 2.63. The van der Waals surface area contributed by atoms with Gasteiger partial charge in [-0.05, 0) is 26.4 Å². The number of nitrogens with zero attached hydrogens (tertiary/aromatic N) is 2. The number of aromatic nitrogens is 2. The van der Waals surface area contributed by atoms with E-state index in [4.69, 9.17) is 0 Å². The standard InChI is InChI=1S/C10H19N3/c1-11-6-4-2-3-5-8-13-9-7-12-10-13/h7,9-11H,2-6,8H2,1H3. The molecule has 0 saturated carbocycles. The zero-order valence-electron chi connectivity index (χ0n) is 8.37. The molecule has 0 atom stereocenters. The highest BCUT2D eigenvalue weighted by Crippen LogP contribution is 2.01. The van der Waals surface area contributed by atoms with Gasteiger partial charge in [-0.15, -0.1) is 0 Å². The second-order valence-electron chi connectivity index (χ2n) is 3.32. The van der Waals surface area contributed by atoms with Crippen LogP contribution in [-0.2, 0) is 6.54 Å². The van der Waals surface area contributed by atoms with Crippen LogP contribution in [-0.4, -0.2) is 23.1 Å². The van der Waals surface area contributed by atoms with Crippen molar-refractivity contribution in [1.82, 2.24) is 14.9 Å². The largest absolute Gasteiger partial charge is 0.337 e. The first-order valence-electron chi connectivity index (χ1n) is 5.04. The van der Waals surface area contributed by atoms with Crippen LogP contribution in [0.4, 0.5) is 0 Å². The number of imidazole rings is 1. The van der Waals surface area contributed by atoms with Crippen LogP contribution in [0.25, 0.3) is 0 Å².